The lowest BCUT2D eigenvalue weighted by Crippen LogP contribution is -2.13. The van der Waals surface area contributed by atoms with Crippen LogP contribution in [0, 0.1) is 0 Å². The quantitative estimate of drug-likeness (QED) is 0.791. The molecule has 0 fully saturated rings. The molecule has 1 aliphatic rings. The van der Waals surface area contributed by atoms with Gasteiger partial charge in [0.1, 0.15) is 0 Å². The SMILES string of the molecule is c1cc2c(c(-c3cncn3Cc3ccsc3)c1)NCCC2. The normalized spacial score (nSPS) is 13.7. The van der Waals surface area contributed by atoms with Gasteiger partial charge in [-0.25, -0.2) is 4.98 Å². The van der Waals surface area contributed by atoms with Gasteiger partial charge in [-0.3, -0.25) is 0 Å². The fourth-order valence-corrected chi connectivity index (χ4v) is 3.63. The highest BCUT2D eigenvalue weighted by molar-refractivity contribution is 7.07. The molecule has 4 heteroatoms. The number of hydrogen-bond donors (Lipinski definition) is 1. The fraction of sp³-hybridized carbons (Fsp3) is 0.235. The van der Waals surface area contributed by atoms with Gasteiger partial charge in [0.05, 0.1) is 18.2 Å². The molecule has 0 bridgehead atoms. The number of imidazole rings is 1. The van der Waals surface area contributed by atoms with Crippen LogP contribution in [0.15, 0.2) is 47.5 Å². The second kappa shape index (κ2) is 5.37. The number of benzene rings is 1. The zero-order chi connectivity index (χ0) is 14.1. The average molecular weight is 295 g/mol. The maximum absolute atomic E-state index is 4.37. The lowest BCUT2D eigenvalue weighted by Gasteiger charge is -2.21. The Bertz CT molecular complexity index is 743. The van der Waals surface area contributed by atoms with E-state index in [-0.39, 0.29) is 0 Å². The smallest absolute Gasteiger partial charge is 0.0954 e. The van der Waals surface area contributed by atoms with Gasteiger partial charge in [-0.1, -0.05) is 18.2 Å². The molecule has 0 aliphatic carbocycles. The fourth-order valence-electron chi connectivity index (χ4n) is 2.97. The molecule has 1 aliphatic heterocycles. The summed E-state index contributed by atoms with van der Waals surface area (Å²) in [6, 6.07) is 8.75. The lowest BCUT2D eigenvalue weighted by atomic mass is 9.98. The first-order valence-electron chi connectivity index (χ1n) is 7.29. The van der Waals surface area contributed by atoms with Crippen LogP contribution >= 0.6 is 11.3 Å². The van der Waals surface area contributed by atoms with Gasteiger partial charge in [0.2, 0.25) is 0 Å². The second-order valence-corrected chi connectivity index (χ2v) is 6.19. The monoisotopic (exact) mass is 295 g/mol. The Morgan fingerprint density at radius 2 is 2.29 bits per heavy atom. The molecule has 0 radical (unpaired) electrons. The number of aryl methyl sites for hydroxylation is 1. The van der Waals surface area contributed by atoms with Gasteiger partial charge in [0, 0.05) is 24.3 Å². The van der Waals surface area contributed by atoms with E-state index < -0.39 is 0 Å². The van der Waals surface area contributed by atoms with Gasteiger partial charge in [-0.05, 0) is 40.8 Å². The van der Waals surface area contributed by atoms with Crippen molar-refractivity contribution in [2.75, 3.05) is 11.9 Å². The van der Waals surface area contributed by atoms with E-state index in [1.165, 1.54) is 34.5 Å². The highest BCUT2D eigenvalue weighted by atomic mass is 32.1. The summed E-state index contributed by atoms with van der Waals surface area (Å²) in [5, 5.41) is 7.89. The number of nitrogens with one attached hydrogen (secondary N) is 1. The summed E-state index contributed by atoms with van der Waals surface area (Å²) in [5.41, 5.74) is 6.49. The molecule has 0 amide bonds. The van der Waals surface area contributed by atoms with Crippen molar-refractivity contribution in [1.82, 2.24) is 9.55 Å². The third kappa shape index (κ3) is 2.36. The molecule has 106 valence electrons. The Hall–Kier alpha value is -2.07. The highest BCUT2D eigenvalue weighted by Crippen LogP contribution is 2.33. The molecule has 21 heavy (non-hydrogen) atoms. The first-order chi connectivity index (χ1) is 10.4. The van der Waals surface area contributed by atoms with Crippen LogP contribution in [0.4, 0.5) is 5.69 Å². The average Bonchev–Trinajstić information content (AvgIpc) is 3.19. The summed E-state index contributed by atoms with van der Waals surface area (Å²) in [7, 11) is 0. The number of aromatic nitrogens is 2. The molecule has 3 heterocycles. The van der Waals surface area contributed by atoms with Crippen LogP contribution in [0.3, 0.4) is 0 Å². The number of hydrogen-bond acceptors (Lipinski definition) is 3. The van der Waals surface area contributed by atoms with E-state index in [1.807, 2.05) is 12.5 Å². The molecule has 0 unspecified atom stereocenters. The van der Waals surface area contributed by atoms with Crippen molar-refractivity contribution in [1.29, 1.82) is 0 Å². The third-order valence-electron chi connectivity index (χ3n) is 4.00. The maximum Gasteiger partial charge on any atom is 0.0954 e. The van der Waals surface area contributed by atoms with E-state index in [9.17, 15) is 0 Å². The Morgan fingerprint density at radius 3 is 3.19 bits per heavy atom. The van der Waals surface area contributed by atoms with Crippen LogP contribution in [0.25, 0.3) is 11.3 Å². The second-order valence-electron chi connectivity index (χ2n) is 5.41. The zero-order valence-corrected chi connectivity index (χ0v) is 12.6. The van der Waals surface area contributed by atoms with Crippen molar-refractivity contribution in [2.45, 2.75) is 19.4 Å². The molecule has 3 aromatic rings. The summed E-state index contributed by atoms with van der Waals surface area (Å²) in [4.78, 5) is 4.37. The van der Waals surface area contributed by atoms with Crippen molar-refractivity contribution >= 4 is 17.0 Å². The molecule has 4 rings (SSSR count). The summed E-state index contributed by atoms with van der Waals surface area (Å²) >= 11 is 1.74. The van der Waals surface area contributed by atoms with Crippen LogP contribution in [-0.4, -0.2) is 16.1 Å². The predicted octanol–water partition coefficient (Wildman–Crippen LogP) is 4.02. The standard InChI is InChI=1S/C17H17N3S/c1-3-14-4-2-7-19-17(14)15(5-1)16-9-18-12-20(16)10-13-6-8-21-11-13/h1,3,5-6,8-9,11-12,19H,2,4,7,10H2. The molecule has 3 nitrogen and oxygen atoms in total. The Kier molecular flexibility index (Phi) is 3.24. The lowest BCUT2D eigenvalue weighted by molar-refractivity contribution is 0.804. The largest absolute Gasteiger partial charge is 0.384 e. The van der Waals surface area contributed by atoms with Crippen molar-refractivity contribution in [2.24, 2.45) is 0 Å². The van der Waals surface area contributed by atoms with E-state index in [0.717, 1.165) is 19.5 Å². The van der Waals surface area contributed by atoms with Gasteiger partial charge in [0.25, 0.3) is 0 Å². The Balaban J connectivity index is 1.76. The van der Waals surface area contributed by atoms with Crippen LogP contribution in [0.5, 0.6) is 0 Å². The Morgan fingerprint density at radius 1 is 1.29 bits per heavy atom. The van der Waals surface area contributed by atoms with Crippen molar-refractivity contribution < 1.29 is 0 Å². The van der Waals surface area contributed by atoms with Gasteiger partial charge in [-0.15, -0.1) is 0 Å². The first-order valence-corrected chi connectivity index (χ1v) is 8.23. The van der Waals surface area contributed by atoms with Crippen LogP contribution < -0.4 is 5.32 Å². The van der Waals surface area contributed by atoms with Crippen LogP contribution in [-0.2, 0) is 13.0 Å². The zero-order valence-electron chi connectivity index (χ0n) is 11.7. The van der Waals surface area contributed by atoms with Crippen LogP contribution in [0.1, 0.15) is 17.5 Å². The molecule has 0 spiro atoms. The van der Waals surface area contributed by atoms with E-state index in [2.05, 4.69) is 49.9 Å². The Labute approximate surface area is 128 Å². The molecular weight excluding hydrogens is 278 g/mol. The van der Waals surface area contributed by atoms with Crippen LogP contribution in [0.2, 0.25) is 0 Å². The minimum Gasteiger partial charge on any atom is -0.384 e. The molecule has 2 aromatic heterocycles. The number of rotatable bonds is 3. The molecule has 0 atom stereocenters. The molecule has 0 saturated heterocycles. The van der Waals surface area contributed by atoms with Gasteiger partial charge in [0.15, 0.2) is 0 Å². The maximum atomic E-state index is 4.37. The molecule has 0 saturated carbocycles. The van der Waals surface area contributed by atoms with E-state index >= 15 is 0 Å². The van der Waals surface area contributed by atoms with Crippen molar-refractivity contribution in [3.63, 3.8) is 0 Å². The summed E-state index contributed by atoms with van der Waals surface area (Å²) < 4.78 is 2.23. The van der Waals surface area contributed by atoms with E-state index in [0.29, 0.717) is 0 Å². The predicted molar refractivity (Wildman–Crippen MR) is 87.9 cm³/mol. The topological polar surface area (TPSA) is 29.9 Å². The van der Waals surface area contributed by atoms with Gasteiger partial charge < -0.3 is 9.88 Å². The third-order valence-corrected chi connectivity index (χ3v) is 4.73. The van der Waals surface area contributed by atoms with E-state index in [1.54, 1.807) is 11.3 Å². The first kappa shape index (κ1) is 12.7. The van der Waals surface area contributed by atoms with Gasteiger partial charge >= 0.3 is 0 Å². The number of thiophene rings is 1. The van der Waals surface area contributed by atoms with E-state index in [4.69, 9.17) is 0 Å². The van der Waals surface area contributed by atoms with Crippen molar-refractivity contribution in [3.05, 3.63) is 58.7 Å². The number of nitrogens with zero attached hydrogens (tertiary/aromatic N) is 2. The minimum absolute atomic E-state index is 0.877. The number of anilines is 1. The number of fused-ring (bicyclic) bond motifs is 1. The molecule has 1 aromatic carbocycles. The summed E-state index contributed by atoms with van der Waals surface area (Å²) in [5.74, 6) is 0. The molecular formula is C17H17N3S. The van der Waals surface area contributed by atoms with Gasteiger partial charge in [-0.2, -0.15) is 11.3 Å². The summed E-state index contributed by atoms with van der Waals surface area (Å²) in [6.07, 6.45) is 6.27. The van der Waals surface area contributed by atoms with Crippen molar-refractivity contribution in [3.8, 4) is 11.3 Å². The summed E-state index contributed by atoms with van der Waals surface area (Å²) in [6.45, 7) is 1.94. The molecule has 1 N–H and O–H groups in total. The highest BCUT2D eigenvalue weighted by Gasteiger charge is 2.16. The minimum atomic E-state index is 0.877. The number of para-hydroxylation sites is 1.